The van der Waals surface area contributed by atoms with Crippen LogP contribution in [0.3, 0.4) is 0 Å². The van der Waals surface area contributed by atoms with E-state index < -0.39 is 0 Å². The highest BCUT2D eigenvalue weighted by Crippen LogP contribution is 2.28. The summed E-state index contributed by atoms with van der Waals surface area (Å²) in [6, 6.07) is 34.1. The summed E-state index contributed by atoms with van der Waals surface area (Å²) < 4.78 is 4.48. The number of para-hydroxylation sites is 4. The number of benzene rings is 4. The topological polar surface area (TPSA) is 9.86 Å². The van der Waals surface area contributed by atoms with Crippen LogP contribution in [0.4, 0.5) is 0 Å². The number of aryl methyl sites for hydroxylation is 2. The Morgan fingerprint density at radius 1 is 0.400 bits per heavy atom. The van der Waals surface area contributed by atoms with Crippen LogP contribution >= 0.6 is 0 Å². The second kappa shape index (κ2) is 14.0. The van der Waals surface area contributed by atoms with Gasteiger partial charge in [-0.3, -0.25) is 0 Å². The Bertz CT molecular complexity index is 1230. The number of nitrogens with zero attached hydrogens (tertiary/aromatic N) is 2. The fraction of sp³-hybridized carbons (Fsp3) is 0.273. The first kappa shape index (κ1) is 27.7. The second-order valence-corrected chi connectivity index (χ2v) is 7.89. The molecule has 6 aromatic rings. The molecular formula is C33H42N2. The molecule has 2 heteroatoms. The molecule has 0 saturated carbocycles. The molecule has 0 bridgehead atoms. The first-order valence-corrected chi connectivity index (χ1v) is 13.0. The summed E-state index contributed by atoms with van der Waals surface area (Å²) in [6.07, 6.45) is 1.25. The highest BCUT2D eigenvalue weighted by Gasteiger charge is 2.06. The molecule has 0 fully saturated rings. The standard InChI is InChI=1S/2C13H11N.C3H8.2C2H6/c2*1-14-12-8-4-2-6-10(12)11-7-3-5-9-13(11)14;1-3-2;2*1-2/h2*2-9H,1H3;3H2,1-2H3;2*1-2H3. The van der Waals surface area contributed by atoms with Gasteiger partial charge < -0.3 is 9.13 Å². The smallest absolute Gasteiger partial charge is 0.0488 e. The van der Waals surface area contributed by atoms with E-state index in [-0.39, 0.29) is 0 Å². The van der Waals surface area contributed by atoms with Crippen LogP contribution < -0.4 is 0 Å². The van der Waals surface area contributed by atoms with Crippen LogP contribution in [0.15, 0.2) is 97.1 Å². The van der Waals surface area contributed by atoms with Crippen molar-refractivity contribution in [1.29, 1.82) is 0 Å². The Kier molecular flexibility index (Phi) is 11.1. The highest BCUT2D eigenvalue weighted by molar-refractivity contribution is 6.08. The van der Waals surface area contributed by atoms with Crippen LogP contribution in [-0.2, 0) is 14.1 Å². The normalized spacial score (nSPS) is 9.83. The lowest BCUT2D eigenvalue weighted by atomic mass is 10.2. The minimum absolute atomic E-state index is 1.25. The summed E-state index contributed by atoms with van der Waals surface area (Å²) in [4.78, 5) is 0. The SMILES string of the molecule is CC.CC.CCC.Cn1c2ccccc2c2ccccc21.Cn1c2ccccc2c2ccccc21. The Labute approximate surface area is 211 Å². The second-order valence-electron chi connectivity index (χ2n) is 7.89. The molecule has 0 N–H and O–H groups in total. The van der Waals surface area contributed by atoms with E-state index in [4.69, 9.17) is 0 Å². The Morgan fingerprint density at radius 3 is 0.771 bits per heavy atom. The van der Waals surface area contributed by atoms with Gasteiger partial charge in [-0.05, 0) is 24.3 Å². The number of hydrogen-bond acceptors (Lipinski definition) is 0. The lowest BCUT2D eigenvalue weighted by Crippen LogP contribution is -1.84. The maximum absolute atomic E-state index is 2.24. The van der Waals surface area contributed by atoms with Crippen molar-refractivity contribution in [3.8, 4) is 0 Å². The minimum Gasteiger partial charge on any atom is -0.344 e. The van der Waals surface area contributed by atoms with Gasteiger partial charge in [-0.15, -0.1) is 0 Å². The summed E-state index contributed by atoms with van der Waals surface area (Å²) in [7, 11) is 4.23. The third-order valence-electron chi connectivity index (χ3n) is 5.64. The van der Waals surface area contributed by atoms with Crippen molar-refractivity contribution in [2.45, 2.75) is 48.0 Å². The Morgan fingerprint density at radius 2 is 0.571 bits per heavy atom. The summed E-state index contributed by atoms with van der Waals surface area (Å²) in [5.41, 5.74) is 5.20. The molecule has 2 aromatic heterocycles. The van der Waals surface area contributed by atoms with Crippen LogP contribution in [0.25, 0.3) is 43.6 Å². The quantitative estimate of drug-likeness (QED) is 0.211. The molecule has 4 aromatic carbocycles. The highest BCUT2D eigenvalue weighted by atomic mass is 14.9. The van der Waals surface area contributed by atoms with Crippen LogP contribution in [-0.4, -0.2) is 9.13 Å². The van der Waals surface area contributed by atoms with Crippen molar-refractivity contribution in [2.24, 2.45) is 14.1 Å². The van der Waals surface area contributed by atoms with Crippen LogP contribution in [0.5, 0.6) is 0 Å². The van der Waals surface area contributed by atoms with E-state index in [1.54, 1.807) is 0 Å². The number of hydrogen-bond donors (Lipinski definition) is 0. The maximum atomic E-state index is 2.24. The molecule has 0 aliphatic heterocycles. The van der Waals surface area contributed by atoms with Gasteiger partial charge in [-0.2, -0.15) is 0 Å². The van der Waals surface area contributed by atoms with Crippen molar-refractivity contribution >= 4 is 43.6 Å². The molecular weight excluding hydrogens is 424 g/mol. The van der Waals surface area contributed by atoms with Gasteiger partial charge in [0.2, 0.25) is 0 Å². The van der Waals surface area contributed by atoms with Gasteiger partial charge in [0.05, 0.1) is 0 Å². The summed E-state index contributed by atoms with van der Waals surface area (Å²) in [6.45, 7) is 12.2. The van der Waals surface area contributed by atoms with E-state index in [1.807, 2.05) is 27.7 Å². The van der Waals surface area contributed by atoms with Gasteiger partial charge in [-0.25, -0.2) is 0 Å². The van der Waals surface area contributed by atoms with Gasteiger partial charge in [-0.1, -0.05) is 121 Å². The predicted molar refractivity (Wildman–Crippen MR) is 160 cm³/mol. The van der Waals surface area contributed by atoms with Crippen molar-refractivity contribution < 1.29 is 0 Å². The van der Waals surface area contributed by atoms with Crippen molar-refractivity contribution in [2.75, 3.05) is 0 Å². The van der Waals surface area contributed by atoms with Crippen molar-refractivity contribution in [1.82, 2.24) is 9.13 Å². The largest absolute Gasteiger partial charge is 0.344 e. The Hall–Kier alpha value is -3.52. The predicted octanol–water partition coefficient (Wildman–Crippen LogP) is 10.1. The first-order chi connectivity index (χ1) is 17.2. The van der Waals surface area contributed by atoms with Gasteiger partial charge in [0.25, 0.3) is 0 Å². The monoisotopic (exact) mass is 466 g/mol. The van der Waals surface area contributed by atoms with Gasteiger partial charge in [0.15, 0.2) is 0 Å². The van der Waals surface area contributed by atoms with Crippen LogP contribution in [0, 0.1) is 0 Å². The molecule has 0 aliphatic rings. The van der Waals surface area contributed by atoms with E-state index >= 15 is 0 Å². The number of rotatable bonds is 0. The first-order valence-electron chi connectivity index (χ1n) is 13.0. The molecule has 0 spiro atoms. The summed E-state index contributed by atoms with van der Waals surface area (Å²) in [5.74, 6) is 0. The maximum Gasteiger partial charge on any atom is 0.0488 e. The molecule has 6 rings (SSSR count). The zero-order valence-corrected chi connectivity index (χ0v) is 22.8. The summed E-state index contributed by atoms with van der Waals surface area (Å²) in [5, 5.41) is 5.35. The zero-order valence-electron chi connectivity index (χ0n) is 22.8. The molecule has 2 nitrogen and oxygen atoms in total. The van der Waals surface area contributed by atoms with E-state index in [9.17, 15) is 0 Å². The molecule has 0 unspecified atom stereocenters. The van der Waals surface area contributed by atoms with Crippen LogP contribution in [0.1, 0.15) is 48.0 Å². The molecule has 0 saturated heterocycles. The lowest BCUT2D eigenvalue weighted by molar-refractivity contribution is 1.01. The van der Waals surface area contributed by atoms with Gasteiger partial charge >= 0.3 is 0 Å². The van der Waals surface area contributed by atoms with E-state index in [1.165, 1.54) is 50.0 Å². The van der Waals surface area contributed by atoms with Crippen molar-refractivity contribution in [3.63, 3.8) is 0 Å². The zero-order chi connectivity index (χ0) is 25.8. The molecule has 0 atom stereocenters. The molecule has 184 valence electrons. The number of aromatic nitrogens is 2. The van der Waals surface area contributed by atoms with Crippen molar-refractivity contribution in [3.05, 3.63) is 97.1 Å². The third kappa shape index (κ3) is 5.95. The molecule has 0 amide bonds. The van der Waals surface area contributed by atoms with Crippen LogP contribution in [0.2, 0.25) is 0 Å². The van der Waals surface area contributed by atoms with Gasteiger partial charge in [0.1, 0.15) is 0 Å². The van der Waals surface area contributed by atoms with Gasteiger partial charge in [0, 0.05) is 57.7 Å². The molecule has 35 heavy (non-hydrogen) atoms. The third-order valence-corrected chi connectivity index (χ3v) is 5.64. The lowest BCUT2D eigenvalue weighted by Gasteiger charge is -1.95. The van der Waals surface area contributed by atoms with E-state index in [0.717, 1.165) is 0 Å². The molecule has 0 radical (unpaired) electrons. The molecule has 0 aliphatic carbocycles. The van der Waals surface area contributed by atoms with E-state index in [2.05, 4.69) is 134 Å². The fourth-order valence-corrected chi connectivity index (χ4v) is 4.24. The Balaban J connectivity index is 0.000000198. The molecule has 2 heterocycles. The average molecular weight is 467 g/mol. The average Bonchev–Trinajstić information content (AvgIpc) is 3.40. The fourth-order valence-electron chi connectivity index (χ4n) is 4.24. The number of fused-ring (bicyclic) bond motifs is 6. The summed E-state index contributed by atoms with van der Waals surface area (Å²) >= 11 is 0. The van der Waals surface area contributed by atoms with E-state index in [0.29, 0.717) is 0 Å². The minimum atomic E-state index is 1.25.